The van der Waals surface area contributed by atoms with Crippen LogP contribution in [-0.2, 0) is 14.1 Å². The number of fused-ring (bicyclic) bond motifs is 1. The van der Waals surface area contributed by atoms with Gasteiger partial charge in [0, 0.05) is 20.1 Å². The van der Waals surface area contributed by atoms with E-state index in [1.165, 1.54) is 11.6 Å². The molecule has 20 heavy (non-hydrogen) atoms. The van der Waals surface area contributed by atoms with Gasteiger partial charge in [-0.1, -0.05) is 20.8 Å². The average Bonchev–Trinajstić information content (AvgIpc) is 2.76. The van der Waals surface area contributed by atoms with E-state index >= 15 is 0 Å². The smallest absolute Gasteiger partial charge is 0.332 e. The normalized spacial score (nSPS) is 13.7. The molecule has 1 unspecified atom stereocenters. The van der Waals surface area contributed by atoms with Crippen molar-refractivity contribution < 1.29 is 0 Å². The van der Waals surface area contributed by atoms with Crippen LogP contribution in [-0.4, -0.2) is 25.1 Å². The number of aryl methyl sites for hydroxylation is 1. The summed E-state index contributed by atoms with van der Waals surface area (Å²) in [5, 5.41) is 3.23. The van der Waals surface area contributed by atoms with Gasteiger partial charge in [0.1, 0.15) is 0 Å². The number of aromatic amines is 1. The Morgan fingerprint density at radius 3 is 2.35 bits per heavy atom. The molecule has 0 amide bonds. The summed E-state index contributed by atoms with van der Waals surface area (Å²) in [5.74, 6) is 0.501. The fraction of sp³-hybridized carbons (Fsp3) is 0.615. The standard InChI is InChI=1S/C13H21N5O2/c1-7(13(2,3)4)14-11-15-8-9(16-11)17(5)12(20)18(6)10(8)19/h7H,1-6H3,(H2,14,15,16). The molecule has 2 rings (SSSR count). The number of nitrogens with zero attached hydrogens (tertiary/aromatic N) is 3. The minimum atomic E-state index is -0.385. The minimum absolute atomic E-state index is 0.0514. The van der Waals surface area contributed by atoms with Crippen molar-refractivity contribution in [3.8, 4) is 0 Å². The van der Waals surface area contributed by atoms with Crippen molar-refractivity contribution in [2.24, 2.45) is 19.5 Å². The monoisotopic (exact) mass is 279 g/mol. The van der Waals surface area contributed by atoms with E-state index < -0.39 is 0 Å². The lowest BCUT2D eigenvalue weighted by molar-refractivity contribution is 0.358. The molecular formula is C13H21N5O2. The Labute approximate surface area is 116 Å². The molecule has 7 heteroatoms. The third-order valence-electron chi connectivity index (χ3n) is 3.75. The van der Waals surface area contributed by atoms with Crippen LogP contribution >= 0.6 is 0 Å². The van der Waals surface area contributed by atoms with Crippen LogP contribution in [0.25, 0.3) is 11.2 Å². The molecule has 2 aromatic heterocycles. The van der Waals surface area contributed by atoms with Crippen molar-refractivity contribution in [3.05, 3.63) is 20.8 Å². The van der Waals surface area contributed by atoms with Gasteiger partial charge in [-0.3, -0.25) is 13.9 Å². The summed E-state index contributed by atoms with van der Waals surface area (Å²) in [6.07, 6.45) is 0. The molecule has 0 fully saturated rings. The molecule has 0 saturated heterocycles. The maximum Gasteiger partial charge on any atom is 0.332 e. The molecule has 0 bridgehead atoms. The fourth-order valence-electron chi connectivity index (χ4n) is 1.82. The quantitative estimate of drug-likeness (QED) is 0.852. The number of rotatable bonds is 2. The molecule has 0 aliphatic heterocycles. The number of imidazole rings is 1. The Balaban J connectivity index is 2.56. The molecule has 1 atom stereocenters. The zero-order chi connectivity index (χ0) is 15.2. The van der Waals surface area contributed by atoms with Crippen LogP contribution < -0.4 is 16.6 Å². The van der Waals surface area contributed by atoms with E-state index in [2.05, 4.69) is 36.1 Å². The number of H-pyrrole nitrogens is 1. The van der Waals surface area contributed by atoms with E-state index in [4.69, 9.17) is 0 Å². The van der Waals surface area contributed by atoms with E-state index in [1.807, 2.05) is 6.92 Å². The lowest BCUT2D eigenvalue weighted by Gasteiger charge is -2.27. The fourth-order valence-corrected chi connectivity index (χ4v) is 1.82. The second kappa shape index (κ2) is 4.50. The van der Waals surface area contributed by atoms with E-state index in [1.54, 1.807) is 7.05 Å². The highest BCUT2D eigenvalue weighted by atomic mass is 16.2. The van der Waals surface area contributed by atoms with Crippen molar-refractivity contribution in [2.45, 2.75) is 33.7 Å². The van der Waals surface area contributed by atoms with Gasteiger partial charge < -0.3 is 10.3 Å². The van der Waals surface area contributed by atoms with Gasteiger partial charge in [0.25, 0.3) is 5.56 Å². The Morgan fingerprint density at radius 2 is 1.80 bits per heavy atom. The number of hydrogen-bond acceptors (Lipinski definition) is 4. The van der Waals surface area contributed by atoms with Gasteiger partial charge >= 0.3 is 5.69 Å². The van der Waals surface area contributed by atoms with Gasteiger partial charge in [-0.2, -0.15) is 4.98 Å². The molecule has 2 N–H and O–H groups in total. The molecule has 0 radical (unpaired) electrons. The van der Waals surface area contributed by atoms with Gasteiger partial charge in [-0.25, -0.2) is 4.79 Å². The highest BCUT2D eigenvalue weighted by Gasteiger charge is 2.21. The Hall–Kier alpha value is -2.05. The van der Waals surface area contributed by atoms with Crippen molar-refractivity contribution in [1.82, 2.24) is 19.1 Å². The van der Waals surface area contributed by atoms with Gasteiger partial charge in [0.05, 0.1) is 0 Å². The molecule has 110 valence electrons. The Bertz CT molecular complexity index is 760. The topological polar surface area (TPSA) is 84.7 Å². The SMILES string of the molecule is CC(Nc1nc2c([nH]1)c(=O)n(C)c(=O)n2C)C(C)(C)C. The minimum Gasteiger partial charge on any atom is -0.353 e. The van der Waals surface area contributed by atoms with Crippen LogP contribution in [0.3, 0.4) is 0 Å². The summed E-state index contributed by atoms with van der Waals surface area (Å²) in [6, 6.07) is 0.156. The molecular weight excluding hydrogens is 258 g/mol. The van der Waals surface area contributed by atoms with Crippen LogP contribution in [0.15, 0.2) is 9.59 Å². The first kappa shape index (κ1) is 14.4. The largest absolute Gasteiger partial charge is 0.353 e. The summed E-state index contributed by atoms with van der Waals surface area (Å²) in [4.78, 5) is 31.2. The summed E-state index contributed by atoms with van der Waals surface area (Å²) < 4.78 is 2.43. The molecule has 2 aromatic rings. The number of nitrogens with one attached hydrogen (secondary N) is 2. The van der Waals surface area contributed by atoms with Gasteiger partial charge in [-0.05, 0) is 12.3 Å². The summed E-state index contributed by atoms with van der Waals surface area (Å²) in [7, 11) is 3.05. The van der Waals surface area contributed by atoms with Crippen LogP contribution in [0, 0.1) is 5.41 Å². The molecule has 2 heterocycles. The van der Waals surface area contributed by atoms with E-state index in [-0.39, 0.29) is 22.7 Å². The number of aromatic nitrogens is 4. The van der Waals surface area contributed by atoms with Crippen LogP contribution in [0.2, 0.25) is 0 Å². The van der Waals surface area contributed by atoms with Crippen LogP contribution in [0.5, 0.6) is 0 Å². The zero-order valence-electron chi connectivity index (χ0n) is 12.7. The second-order valence-corrected chi connectivity index (χ2v) is 6.22. The van der Waals surface area contributed by atoms with Crippen molar-refractivity contribution in [3.63, 3.8) is 0 Å². The molecule has 0 spiro atoms. The second-order valence-electron chi connectivity index (χ2n) is 6.22. The zero-order valence-corrected chi connectivity index (χ0v) is 12.7. The maximum atomic E-state index is 12.0. The highest BCUT2D eigenvalue weighted by molar-refractivity contribution is 5.72. The van der Waals surface area contributed by atoms with Crippen LogP contribution in [0.1, 0.15) is 27.7 Å². The predicted molar refractivity (Wildman–Crippen MR) is 79.1 cm³/mol. The van der Waals surface area contributed by atoms with Crippen molar-refractivity contribution in [1.29, 1.82) is 0 Å². The third-order valence-corrected chi connectivity index (χ3v) is 3.75. The van der Waals surface area contributed by atoms with Crippen molar-refractivity contribution >= 4 is 17.1 Å². The van der Waals surface area contributed by atoms with Gasteiger partial charge in [0.2, 0.25) is 5.95 Å². The van der Waals surface area contributed by atoms with E-state index in [0.29, 0.717) is 17.1 Å². The van der Waals surface area contributed by atoms with Crippen molar-refractivity contribution in [2.75, 3.05) is 5.32 Å². The summed E-state index contributed by atoms with van der Waals surface area (Å²) in [5.41, 5.74) is -0.00748. The first-order valence-electron chi connectivity index (χ1n) is 6.55. The maximum absolute atomic E-state index is 12.0. The Kier molecular flexibility index (Phi) is 3.23. The Morgan fingerprint density at radius 1 is 1.20 bits per heavy atom. The number of hydrogen-bond donors (Lipinski definition) is 2. The molecule has 0 saturated carbocycles. The predicted octanol–water partition coefficient (Wildman–Crippen LogP) is 0.807. The van der Waals surface area contributed by atoms with Crippen LogP contribution in [0.4, 0.5) is 5.95 Å². The van der Waals surface area contributed by atoms with E-state index in [0.717, 1.165) is 4.57 Å². The summed E-state index contributed by atoms with van der Waals surface area (Å²) in [6.45, 7) is 8.39. The first-order chi connectivity index (χ1) is 9.12. The highest BCUT2D eigenvalue weighted by Crippen LogP contribution is 2.22. The first-order valence-corrected chi connectivity index (χ1v) is 6.55. The molecule has 7 nitrogen and oxygen atoms in total. The van der Waals surface area contributed by atoms with E-state index in [9.17, 15) is 9.59 Å². The molecule has 0 aromatic carbocycles. The van der Waals surface area contributed by atoms with Gasteiger partial charge in [-0.15, -0.1) is 0 Å². The number of anilines is 1. The lowest BCUT2D eigenvalue weighted by atomic mass is 9.88. The third kappa shape index (κ3) is 2.23. The lowest BCUT2D eigenvalue weighted by Crippen LogP contribution is -2.36. The molecule has 0 aliphatic rings. The van der Waals surface area contributed by atoms with Gasteiger partial charge in [0.15, 0.2) is 11.2 Å². The average molecular weight is 279 g/mol. The summed E-state index contributed by atoms with van der Waals surface area (Å²) >= 11 is 0. The molecule has 0 aliphatic carbocycles.